The smallest absolute Gasteiger partial charge is 0.0344 e. The van der Waals surface area contributed by atoms with E-state index in [9.17, 15) is 0 Å². The summed E-state index contributed by atoms with van der Waals surface area (Å²) in [4.78, 5) is 4.08. The molecule has 96 valence electrons. The van der Waals surface area contributed by atoms with E-state index in [0.717, 1.165) is 6.54 Å². The molecular formula is C15H26N2. The van der Waals surface area contributed by atoms with Crippen LogP contribution in [-0.4, -0.2) is 11.5 Å². The Morgan fingerprint density at radius 3 is 2.41 bits per heavy atom. The first-order valence-corrected chi connectivity index (χ1v) is 6.89. The maximum Gasteiger partial charge on any atom is 0.0344 e. The normalized spacial score (nSPS) is 12.9. The van der Waals surface area contributed by atoms with Crippen LogP contribution < -0.4 is 5.32 Å². The Hall–Kier alpha value is -0.890. The van der Waals surface area contributed by atoms with E-state index in [1.807, 2.05) is 12.4 Å². The summed E-state index contributed by atoms with van der Waals surface area (Å²) < 4.78 is 0. The van der Waals surface area contributed by atoms with E-state index < -0.39 is 0 Å². The van der Waals surface area contributed by atoms with Gasteiger partial charge in [-0.2, -0.15) is 0 Å². The monoisotopic (exact) mass is 234 g/mol. The second-order valence-corrected chi connectivity index (χ2v) is 5.02. The fraction of sp³-hybridized carbons (Fsp3) is 0.667. The highest BCUT2D eigenvalue weighted by atomic mass is 14.9. The van der Waals surface area contributed by atoms with Crippen molar-refractivity contribution < 1.29 is 0 Å². The van der Waals surface area contributed by atoms with E-state index >= 15 is 0 Å². The van der Waals surface area contributed by atoms with Crippen molar-refractivity contribution in [2.24, 2.45) is 5.92 Å². The first-order valence-electron chi connectivity index (χ1n) is 6.89. The summed E-state index contributed by atoms with van der Waals surface area (Å²) >= 11 is 0. The molecule has 1 atom stereocenters. The minimum Gasteiger partial charge on any atom is -0.310 e. The molecule has 0 saturated heterocycles. The van der Waals surface area contributed by atoms with Gasteiger partial charge in [-0.25, -0.2) is 0 Å². The van der Waals surface area contributed by atoms with Crippen LogP contribution in [-0.2, 0) is 0 Å². The highest BCUT2D eigenvalue weighted by molar-refractivity contribution is 5.15. The Bertz CT molecular complexity index is 282. The van der Waals surface area contributed by atoms with Crippen LogP contribution in [0.2, 0.25) is 0 Å². The number of nitrogens with zero attached hydrogens (tertiary/aromatic N) is 1. The number of aromatic nitrogens is 1. The van der Waals surface area contributed by atoms with Gasteiger partial charge in [-0.05, 0) is 36.6 Å². The molecule has 0 aliphatic heterocycles. The standard InChI is InChI=1S/C15H26N2/c1-4-5-6-7-10-17-15(13(2)3)14-8-11-16-12-9-14/h8-9,11-13,15,17H,4-7,10H2,1-3H3. The third-order valence-corrected chi connectivity index (χ3v) is 3.13. The highest BCUT2D eigenvalue weighted by Crippen LogP contribution is 2.20. The summed E-state index contributed by atoms with van der Waals surface area (Å²) in [5, 5.41) is 3.67. The van der Waals surface area contributed by atoms with E-state index in [-0.39, 0.29) is 0 Å². The van der Waals surface area contributed by atoms with Crippen LogP contribution in [0.4, 0.5) is 0 Å². The molecule has 0 aliphatic carbocycles. The van der Waals surface area contributed by atoms with Crippen LogP contribution in [0.3, 0.4) is 0 Å². The van der Waals surface area contributed by atoms with E-state index in [1.165, 1.54) is 31.2 Å². The van der Waals surface area contributed by atoms with Crippen LogP contribution >= 0.6 is 0 Å². The average molecular weight is 234 g/mol. The maximum atomic E-state index is 4.08. The molecule has 17 heavy (non-hydrogen) atoms. The predicted octanol–water partition coefficient (Wildman–Crippen LogP) is 3.95. The number of hydrogen-bond acceptors (Lipinski definition) is 2. The van der Waals surface area contributed by atoms with Gasteiger partial charge in [0.1, 0.15) is 0 Å². The van der Waals surface area contributed by atoms with Crippen molar-refractivity contribution in [2.75, 3.05) is 6.54 Å². The second-order valence-electron chi connectivity index (χ2n) is 5.02. The average Bonchev–Trinajstić information content (AvgIpc) is 2.34. The summed E-state index contributed by atoms with van der Waals surface area (Å²) in [6.45, 7) is 7.90. The second kappa shape index (κ2) is 8.24. The van der Waals surface area contributed by atoms with Gasteiger partial charge in [0.2, 0.25) is 0 Å². The molecular weight excluding hydrogens is 208 g/mol. The van der Waals surface area contributed by atoms with Crippen molar-refractivity contribution in [3.8, 4) is 0 Å². The lowest BCUT2D eigenvalue weighted by Crippen LogP contribution is -2.26. The molecule has 1 N–H and O–H groups in total. The van der Waals surface area contributed by atoms with Crippen LogP contribution in [0.15, 0.2) is 24.5 Å². The third-order valence-electron chi connectivity index (χ3n) is 3.13. The molecule has 1 unspecified atom stereocenters. The van der Waals surface area contributed by atoms with Crippen molar-refractivity contribution in [1.29, 1.82) is 0 Å². The van der Waals surface area contributed by atoms with Crippen molar-refractivity contribution in [2.45, 2.75) is 52.5 Å². The molecule has 0 amide bonds. The van der Waals surface area contributed by atoms with Gasteiger partial charge in [0.05, 0.1) is 0 Å². The fourth-order valence-electron chi connectivity index (χ4n) is 2.12. The minimum atomic E-state index is 0.458. The number of rotatable bonds is 8. The molecule has 1 heterocycles. The number of nitrogens with one attached hydrogen (secondary N) is 1. The lowest BCUT2D eigenvalue weighted by atomic mass is 9.97. The zero-order chi connectivity index (χ0) is 12.5. The summed E-state index contributed by atoms with van der Waals surface area (Å²) in [6.07, 6.45) is 9.03. The summed E-state index contributed by atoms with van der Waals surface area (Å²) in [5.74, 6) is 0.614. The molecule has 1 rings (SSSR count). The van der Waals surface area contributed by atoms with Gasteiger partial charge < -0.3 is 5.32 Å². The molecule has 0 aliphatic rings. The van der Waals surface area contributed by atoms with Gasteiger partial charge in [0, 0.05) is 18.4 Å². The Morgan fingerprint density at radius 2 is 1.82 bits per heavy atom. The van der Waals surface area contributed by atoms with E-state index in [2.05, 4.69) is 43.2 Å². The van der Waals surface area contributed by atoms with Gasteiger partial charge in [-0.3, -0.25) is 4.98 Å². The largest absolute Gasteiger partial charge is 0.310 e. The molecule has 1 aromatic rings. The first-order chi connectivity index (χ1) is 8.25. The van der Waals surface area contributed by atoms with Crippen molar-refractivity contribution >= 4 is 0 Å². The maximum absolute atomic E-state index is 4.08. The molecule has 0 fully saturated rings. The van der Waals surface area contributed by atoms with Crippen LogP contribution in [0.25, 0.3) is 0 Å². The Kier molecular flexibility index (Phi) is 6.87. The zero-order valence-electron chi connectivity index (χ0n) is 11.4. The van der Waals surface area contributed by atoms with Crippen molar-refractivity contribution in [3.05, 3.63) is 30.1 Å². The molecule has 0 bridgehead atoms. The Labute approximate surface area is 106 Å². The SMILES string of the molecule is CCCCCCNC(c1ccncc1)C(C)C. The van der Waals surface area contributed by atoms with Crippen molar-refractivity contribution in [1.82, 2.24) is 10.3 Å². The van der Waals surface area contributed by atoms with E-state index in [0.29, 0.717) is 12.0 Å². The minimum absolute atomic E-state index is 0.458. The first kappa shape index (κ1) is 14.2. The topological polar surface area (TPSA) is 24.9 Å². The molecule has 0 saturated carbocycles. The fourth-order valence-corrected chi connectivity index (χ4v) is 2.12. The van der Waals surface area contributed by atoms with E-state index in [1.54, 1.807) is 0 Å². The predicted molar refractivity (Wildman–Crippen MR) is 74.0 cm³/mol. The molecule has 0 spiro atoms. The zero-order valence-corrected chi connectivity index (χ0v) is 11.4. The van der Waals surface area contributed by atoms with Crippen LogP contribution in [0, 0.1) is 5.92 Å². The third kappa shape index (κ3) is 5.31. The molecule has 2 heteroatoms. The van der Waals surface area contributed by atoms with Crippen LogP contribution in [0.5, 0.6) is 0 Å². The van der Waals surface area contributed by atoms with Gasteiger partial charge >= 0.3 is 0 Å². The number of pyridine rings is 1. The quantitative estimate of drug-likeness (QED) is 0.689. The summed E-state index contributed by atoms with van der Waals surface area (Å²) in [5.41, 5.74) is 1.35. The number of unbranched alkanes of at least 4 members (excludes halogenated alkanes) is 3. The van der Waals surface area contributed by atoms with Gasteiger partial charge in [-0.1, -0.05) is 40.0 Å². The summed E-state index contributed by atoms with van der Waals surface area (Å²) in [6, 6.07) is 4.69. The van der Waals surface area contributed by atoms with Crippen LogP contribution in [0.1, 0.15) is 58.1 Å². The molecule has 0 aromatic carbocycles. The van der Waals surface area contributed by atoms with Crippen molar-refractivity contribution in [3.63, 3.8) is 0 Å². The Morgan fingerprint density at radius 1 is 1.12 bits per heavy atom. The van der Waals surface area contributed by atoms with Gasteiger partial charge in [0.25, 0.3) is 0 Å². The molecule has 2 nitrogen and oxygen atoms in total. The van der Waals surface area contributed by atoms with Gasteiger partial charge in [0.15, 0.2) is 0 Å². The summed E-state index contributed by atoms with van der Waals surface area (Å²) in [7, 11) is 0. The lowest BCUT2D eigenvalue weighted by Gasteiger charge is -2.22. The number of hydrogen-bond donors (Lipinski definition) is 1. The molecule has 1 aromatic heterocycles. The van der Waals surface area contributed by atoms with Gasteiger partial charge in [-0.15, -0.1) is 0 Å². The Balaban J connectivity index is 2.40. The lowest BCUT2D eigenvalue weighted by molar-refractivity contribution is 0.405. The van der Waals surface area contributed by atoms with E-state index in [4.69, 9.17) is 0 Å². The highest BCUT2D eigenvalue weighted by Gasteiger charge is 2.14. The molecule has 0 radical (unpaired) electrons.